The van der Waals surface area contributed by atoms with Gasteiger partial charge in [-0.15, -0.1) is 0 Å². The SMILES string of the molecule is CC.COC(=O)CC(NC(=O)c1ccccc1)C(=O)O. The fraction of sp³-hybridized carbons (Fsp3) is 0.357. The Morgan fingerprint density at radius 3 is 2.20 bits per heavy atom. The molecule has 6 heteroatoms. The molecule has 0 fully saturated rings. The Balaban J connectivity index is 0.00000172. The molecule has 0 aliphatic rings. The molecular weight excluding hydrogens is 262 g/mol. The highest BCUT2D eigenvalue weighted by Crippen LogP contribution is 2.01. The molecule has 110 valence electrons. The van der Waals surface area contributed by atoms with Crippen molar-refractivity contribution in [2.45, 2.75) is 26.3 Å². The van der Waals surface area contributed by atoms with Crippen LogP contribution in [0.3, 0.4) is 0 Å². The Morgan fingerprint density at radius 2 is 1.75 bits per heavy atom. The van der Waals surface area contributed by atoms with Gasteiger partial charge in [0, 0.05) is 5.56 Å². The minimum atomic E-state index is -1.30. The van der Waals surface area contributed by atoms with Gasteiger partial charge in [0.1, 0.15) is 6.04 Å². The number of carbonyl (C=O) groups is 3. The van der Waals surface area contributed by atoms with E-state index in [9.17, 15) is 14.4 Å². The summed E-state index contributed by atoms with van der Waals surface area (Å²) in [7, 11) is 1.15. The molecule has 1 rings (SSSR count). The zero-order valence-corrected chi connectivity index (χ0v) is 11.8. The first-order valence-corrected chi connectivity index (χ1v) is 6.20. The summed E-state index contributed by atoms with van der Waals surface area (Å²) in [5, 5.41) is 11.1. The van der Waals surface area contributed by atoms with Crippen molar-refractivity contribution in [3.63, 3.8) is 0 Å². The number of aliphatic carboxylic acids is 1. The van der Waals surface area contributed by atoms with Crippen LogP contribution in [-0.2, 0) is 14.3 Å². The number of benzene rings is 1. The van der Waals surface area contributed by atoms with Crippen molar-refractivity contribution in [2.75, 3.05) is 7.11 Å². The molecule has 0 heterocycles. The Labute approximate surface area is 117 Å². The Kier molecular flexibility index (Phi) is 8.41. The van der Waals surface area contributed by atoms with Crippen molar-refractivity contribution in [2.24, 2.45) is 0 Å². The van der Waals surface area contributed by atoms with Gasteiger partial charge in [-0.05, 0) is 12.1 Å². The lowest BCUT2D eigenvalue weighted by atomic mass is 10.1. The summed E-state index contributed by atoms with van der Waals surface area (Å²) in [6.07, 6.45) is -0.412. The van der Waals surface area contributed by atoms with Crippen LogP contribution in [0, 0.1) is 0 Å². The van der Waals surface area contributed by atoms with Gasteiger partial charge in [-0.2, -0.15) is 0 Å². The summed E-state index contributed by atoms with van der Waals surface area (Å²) >= 11 is 0. The van der Waals surface area contributed by atoms with Gasteiger partial charge in [-0.25, -0.2) is 4.79 Å². The van der Waals surface area contributed by atoms with E-state index in [2.05, 4.69) is 10.1 Å². The van der Waals surface area contributed by atoms with Crippen LogP contribution < -0.4 is 5.32 Å². The van der Waals surface area contributed by atoms with Crippen molar-refractivity contribution in [3.8, 4) is 0 Å². The second-order valence-corrected chi connectivity index (χ2v) is 3.51. The minimum Gasteiger partial charge on any atom is -0.480 e. The van der Waals surface area contributed by atoms with Crippen LogP contribution >= 0.6 is 0 Å². The van der Waals surface area contributed by atoms with Gasteiger partial charge in [0.05, 0.1) is 13.5 Å². The molecule has 1 unspecified atom stereocenters. The summed E-state index contributed by atoms with van der Waals surface area (Å²) in [6, 6.07) is 6.85. The molecule has 0 aliphatic heterocycles. The minimum absolute atomic E-state index is 0.327. The van der Waals surface area contributed by atoms with Crippen molar-refractivity contribution >= 4 is 17.8 Å². The maximum absolute atomic E-state index is 11.7. The van der Waals surface area contributed by atoms with E-state index in [4.69, 9.17) is 5.11 Å². The van der Waals surface area contributed by atoms with E-state index in [1.165, 1.54) is 0 Å². The van der Waals surface area contributed by atoms with Crippen LogP contribution in [0.2, 0.25) is 0 Å². The number of nitrogens with one attached hydrogen (secondary N) is 1. The number of ether oxygens (including phenoxy) is 1. The summed E-state index contributed by atoms with van der Waals surface area (Å²) < 4.78 is 4.36. The highest BCUT2D eigenvalue weighted by atomic mass is 16.5. The maximum atomic E-state index is 11.7. The van der Waals surface area contributed by atoms with Gasteiger partial charge in [-0.3, -0.25) is 9.59 Å². The number of esters is 1. The Bertz CT molecular complexity index is 444. The third kappa shape index (κ3) is 5.99. The molecule has 0 spiro atoms. The largest absolute Gasteiger partial charge is 0.480 e. The highest BCUT2D eigenvalue weighted by molar-refractivity contribution is 5.97. The molecule has 0 aromatic heterocycles. The predicted octanol–water partition coefficient (Wildman–Crippen LogP) is 1.46. The van der Waals surface area contributed by atoms with E-state index in [1.54, 1.807) is 30.3 Å². The summed E-state index contributed by atoms with van der Waals surface area (Å²) in [5.74, 6) is -2.53. The van der Waals surface area contributed by atoms with Gasteiger partial charge in [0.2, 0.25) is 0 Å². The fourth-order valence-electron chi connectivity index (χ4n) is 1.28. The molecule has 0 aliphatic carbocycles. The molecule has 0 saturated heterocycles. The average Bonchev–Trinajstić information content (AvgIpc) is 2.49. The van der Waals surface area contributed by atoms with E-state index in [1.807, 2.05) is 13.8 Å². The fourth-order valence-corrected chi connectivity index (χ4v) is 1.28. The first-order chi connectivity index (χ1) is 9.54. The number of carboxylic acids is 1. The lowest BCUT2D eigenvalue weighted by Gasteiger charge is -2.13. The second kappa shape index (κ2) is 9.55. The van der Waals surface area contributed by atoms with Gasteiger partial charge in [0.15, 0.2) is 0 Å². The average molecular weight is 281 g/mol. The topological polar surface area (TPSA) is 92.7 Å². The van der Waals surface area contributed by atoms with Crippen molar-refractivity contribution in [3.05, 3.63) is 35.9 Å². The van der Waals surface area contributed by atoms with Crippen LogP contribution in [0.4, 0.5) is 0 Å². The van der Waals surface area contributed by atoms with E-state index in [0.717, 1.165) is 7.11 Å². The Morgan fingerprint density at radius 1 is 1.20 bits per heavy atom. The van der Waals surface area contributed by atoms with Crippen molar-refractivity contribution in [1.29, 1.82) is 0 Å². The quantitative estimate of drug-likeness (QED) is 0.797. The molecule has 20 heavy (non-hydrogen) atoms. The molecule has 0 bridgehead atoms. The molecule has 1 amide bonds. The number of hydrogen-bond donors (Lipinski definition) is 2. The molecule has 0 saturated carbocycles. The maximum Gasteiger partial charge on any atom is 0.326 e. The molecule has 1 atom stereocenters. The number of carboxylic acid groups (broad SMARTS) is 1. The van der Waals surface area contributed by atoms with Gasteiger partial charge < -0.3 is 15.2 Å². The van der Waals surface area contributed by atoms with Gasteiger partial charge in [-0.1, -0.05) is 32.0 Å². The van der Waals surface area contributed by atoms with Crippen molar-refractivity contribution < 1.29 is 24.2 Å². The summed E-state index contributed by atoms with van der Waals surface area (Å²) in [5.41, 5.74) is 0.327. The van der Waals surface area contributed by atoms with Crippen LogP contribution in [0.25, 0.3) is 0 Å². The summed E-state index contributed by atoms with van der Waals surface area (Å²) in [6.45, 7) is 4.00. The van der Waals surface area contributed by atoms with Crippen LogP contribution in [0.15, 0.2) is 30.3 Å². The molecule has 0 radical (unpaired) electrons. The van der Waals surface area contributed by atoms with E-state index in [0.29, 0.717) is 5.56 Å². The number of methoxy groups -OCH3 is 1. The van der Waals surface area contributed by atoms with Crippen molar-refractivity contribution in [1.82, 2.24) is 5.32 Å². The van der Waals surface area contributed by atoms with Crippen LogP contribution in [0.5, 0.6) is 0 Å². The third-order valence-electron chi connectivity index (χ3n) is 2.24. The third-order valence-corrected chi connectivity index (χ3v) is 2.24. The Hall–Kier alpha value is -2.37. The lowest BCUT2D eigenvalue weighted by molar-refractivity contribution is -0.147. The highest BCUT2D eigenvalue weighted by Gasteiger charge is 2.24. The first kappa shape index (κ1) is 17.6. The zero-order valence-electron chi connectivity index (χ0n) is 11.8. The molecule has 2 N–H and O–H groups in total. The normalized spacial score (nSPS) is 10.6. The molecule has 1 aromatic rings. The molecule has 6 nitrogen and oxygen atoms in total. The lowest BCUT2D eigenvalue weighted by Crippen LogP contribution is -2.42. The van der Waals surface area contributed by atoms with Gasteiger partial charge >= 0.3 is 11.9 Å². The van der Waals surface area contributed by atoms with Gasteiger partial charge in [0.25, 0.3) is 5.91 Å². The first-order valence-electron chi connectivity index (χ1n) is 6.20. The number of rotatable bonds is 5. The number of carbonyl (C=O) groups excluding carboxylic acids is 2. The van der Waals surface area contributed by atoms with Crippen LogP contribution in [0.1, 0.15) is 30.6 Å². The second-order valence-electron chi connectivity index (χ2n) is 3.51. The number of amides is 1. The zero-order chi connectivity index (χ0) is 15.5. The summed E-state index contributed by atoms with van der Waals surface area (Å²) in [4.78, 5) is 33.6. The number of hydrogen-bond acceptors (Lipinski definition) is 4. The molecule has 1 aromatic carbocycles. The smallest absolute Gasteiger partial charge is 0.326 e. The monoisotopic (exact) mass is 281 g/mol. The van der Waals surface area contributed by atoms with E-state index in [-0.39, 0.29) is 0 Å². The van der Waals surface area contributed by atoms with E-state index >= 15 is 0 Å². The van der Waals surface area contributed by atoms with E-state index < -0.39 is 30.3 Å². The van der Waals surface area contributed by atoms with Crippen LogP contribution in [-0.4, -0.2) is 36.1 Å². The molecular formula is C14H19NO5. The predicted molar refractivity (Wildman–Crippen MR) is 73.3 cm³/mol. The standard InChI is InChI=1S/C12H13NO5.C2H6/c1-18-10(14)7-9(12(16)17)13-11(15)8-5-3-2-4-6-8;1-2/h2-6,9H,7H2,1H3,(H,13,15)(H,16,17);1-2H3.